The molecule has 0 fully saturated rings. The minimum atomic E-state index is -0.409. The van der Waals surface area contributed by atoms with Gasteiger partial charge in [-0.2, -0.15) is 5.10 Å². The summed E-state index contributed by atoms with van der Waals surface area (Å²) in [5.74, 6) is -0.310. The second-order valence-corrected chi connectivity index (χ2v) is 10.6. The van der Waals surface area contributed by atoms with Crippen LogP contribution in [-0.4, -0.2) is 62.2 Å². The van der Waals surface area contributed by atoms with Gasteiger partial charge in [0, 0.05) is 65.0 Å². The molecule has 43 heavy (non-hydrogen) atoms. The second kappa shape index (κ2) is 11.6. The first-order valence-electron chi connectivity index (χ1n) is 13.9. The number of hydrogen-bond acceptors (Lipinski definition) is 7. The van der Waals surface area contributed by atoms with E-state index in [0.717, 1.165) is 24.4 Å². The van der Waals surface area contributed by atoms with Crippen LogP contribution in [0, 0.1) is 11.6 Å². The number of nitrogens with zero attached hydrogens (tertiary/aromatic N) is 5. The summed E-state index contributed by atoms with van der Waals surface area (Å²) in [6, 6.07) is 11.6. The summed E-state index contributed by atoms with van der Waals surface area (Å²) in [6.07, 6.45) is 5.70. The molecule has 4 N–H and O–H groups in total. The van der Waals surface area contributed by atoms with Crippen LogP contribution in [0.2, 0.25) is 0 Å². The van der Waals surface area contributed by atoms with E-state index in [-0.39, 0.29) is 5.82 Å². The minimum Gasteiger partial charge on any atom is -0.384 e. The van der Waals surface area contributed by atoms with E-state index < -0.39 is 5.82 Å². The number of H-pyrrole nitrogens is 2. The first-order chi connectivity index (χ1) is 20.8. The molecular weight excluding hydrogens is 548 g/mol. The van der Waals surface area contributed by atoms with Gasteiger partial charge in [0.1, 0.15) is 22.8 Å². The predicted octanol–water partition coefficient (Wildman–Crippen LogP) is 6.82. The molecular formula is C32H31F2N9. The number of halogens is 2. The van der Waals surface area contributed by atoms with Crippen molar-refractivity contribution in [1.82, 2.24) is 35.0 Å². The molecule has 0 radical (unpaired) electrons. The van der Waals surface area contributed by atoms with E-state index in [0.29, 0.717) is 68.1 Å². The summed E-state index contributed by atoms with van der Waals surface area (Å²) in [7, 11) is 3.97. The van der Waals surface area contributed by atoms with Crippen LogP contribution in [0.3, 0.4) is 0 Å². The summed E-state index contributed by atoms with van der Waals surface area (Å²) in [6.45, 7) is 7.44. The van der Waals surface area contributed by atoms with Gasteiger partial charge in [-0.1, -0.05) is 13.5 Å². The van der Waals surface area contributed by atoms with Crippen LogP contribution >= 0.6 is 0 Å². The minimum absolute atomic E-state index is 0.375. The number of likely N-dealkylation sites (N-methyl/N-ethyl adjacent to an activating group) is 1. The Hall–Kier alpha value is -5.16. The van der Waals surface area contributed by atoms with Gasteiger partial charge in [-0.25, -0.2) is 13.8 Å². The number of aromatic amines is 2. The fourth-order valence-corrected chi connectivity index (χ4v) is 4.90. The molecule has 4 heterocycles. The number of imidazole rings is 1. The first-order valence-corrected chi connectivity index (χ1v) is 13.9. The lowest BCUT2D eigenvalue weighted by molar-refractivity contribution is 0.425. The van der Waals surface area contributed by atoms with Gasteiger partial charge in [0.05, 0.1) is 28.6 Å². The molecule has 0 aliphatic rings. The number of rotatable bonds is 10. The number of allylic oxidation sites excluding steroid dienone is 1. The molecule has 2 aromatic carbocycles. The summed E-state index contributed by atoms with van der Waals surface area (Å²) in [5, 5.41) is 14.5. The summed E-state index contributed by atoms with van der Waals surface area (Å²) < 4.78 is 29.9. The van der Waals surface area contributed by atoms with Crippen LogP contribution in [0.4, 0.5) is 20.2 Å². The third-order valence-electron chi connectivity index (χ3n) is 7.13. The maximum Gasteiger partial charge on any atom is 0.159 e. The molecule has 4 aromatic heterocycles. The van der Waals surface area contributed by atoms with Crippen molar-refractivity contribution < 1.29 is 8.78 Å². The van der Waals surface area contributed by atoms with Gasteiger partial charge in [-0.15, -0.1) is 0 Å². The molecule has 218 valence electrons. The maximum atomic E-state index is 15.3. The van der Waals surface area contributed by atoms with Crippen molar-refractivity contribution in [2.24, 2.45) is 0 Å². The quantitative estimate of drug-likeness (QED) is 0.141. The van der Waals surface area contributed by atoms with E-state index in [1.807, 2.05) is 38.1 Å². The third kappa shape index (κ3) is 5.80. The molecule has 0 unspecified atom stereocenters. The van der Waals surface area contributed by atoms with Crippen LogP contribution in [0.1, 0.15) is 13.3 Å². The molecule has 0 aliphatic carbocycles. The van der Waals surface area contributed by atoms with Crippen LogP contribution in [-0.2, 0) is 0 Å². The normalized spacial score (nSPS) is 11.5. The van der Waals surface area contributed by atoms with Gasteiger partial charge in [0.25, 0.3) is 0 Å². The highest BCUT2D eigenvalue weighted by Crippen LogP contribution is 2.35. The smallest absolute Gasteiger partial charge is 0.159 e. The number of benzene rings is 2. The van der Waals surface area contributed by atoms with Gasteiger partial charge in [0.2, 0.25) is 0 Å². The highest BCUT2D eigenvalue weighted by Gasteiger charge is 2.19. The fraction of sp³-hybridized carbons (Fsp3) is 0.188. The number of aromatic nitrogens is 6. The Labute approximate surface area is 247 Å². The zero-order chi connectivity index (χ0) is 30.1. The average molecular weight is 580 g/mol. The number of anilines is 2. The molecule has 6 aromatic rings. The van der Waals surface area contributed by atoms with Crippen LogP contribution in [0.25, 0.3) is 55.8 Å². The van der Waals surface area contributed by atoms with Gasteiger partial charge < -0.3 is 20.5 Å². The van der Waals surface area contributed by atoms with Gasteiger partial charge >= 0.3 is 0 Å². The topological polar surface area (TPSA) is 110 Å². The molecule has 0 aliphatic heterocycles. The lowest BCUT2D eigenvalue weighted by Gasteiger charge is -2.12. The third-order valence-corrected chi connectivity index (χ3v) is 7.13. The Bertz CT molecular complexity index is 1960. The Kier molecular flexibility index (Phi) is 7.56. The van der Waals surface area contributed by atoms with Crippen molar-refractivity contribution in [2.75, 3.05) is 37.8 Å². The molecule has 0 saturated heterocycles. The summed E-state index contributed by atoms with van der Waals surface area (Å²) in [4.78, 5) is 19.0. The standard InChI is InChI=1S/C32H31F2N9/c1-5-18(2)38-23-12-20(16-35-17-23)24-14-25-28(15-26(24)34)41-42-30(25)32-39-27-6-7-37-29(31(27)40-32)19-10-21(33)13-22(11-19)36-8-9-43(3)4/h6-7,10-17,36,38H,2,5,8-9H2,1,3-4H3,(H,39,40)(H,41,42). The van der Waals surface area contributed by atoms with Gasteiger partial charge in [-0.3, -0.25) is 15.1 Å². The van der Waals surface area contributed by atoms with E-state index in [1.165, 1.54) is 18.2 Å². The summed E-state index contributed by atoms with van der Waals surface area (Å²) in [5.41, 5.74) is 6.66. The SMILES string of the molecule is C=C(CC)Nc1cncc(-c2cc3c(-c4nc5c(-c6cc(F)cc(NCCN(C)C)c6)nccc5[nH]4)n[nH]c3cc2F)c1. The van der Waals surface area contributed by atoms with E-state index >= 15 is 4.39 Å². The lowest BCUT2D eigenvalue weighted by atomic mass is 10.0. The Morgan fingerprint density at radius 2 is 1.81 bits per heavy atom. The molecule has 0 atom stereocenters. The lowest BCUT2D eigenvalue weighted by Crippen LogP contribution is -2.20. The van der Waals surface area contributed by atoms with Crippen molar-refractivity contribution >= 4 is 33.3 Å². The highest BCUT2D eigenvalue weighted by atomic mass is 19.1. The van der Waals surface area contributed by atoms with E-state index in [4.69, 9.17) is 4.98 Å². The fourth-order valence-electron chi connectivity index (χ4n) is 4.90. The van der Waals surface area contributed by atoms with E-state index in [2.05, 4.69) is 42.4 Å². The molecule has 0 bridgehead atoms. The maximum absolute atomic E-state index is 15.3. The predicted molar refractivity (Wildman–Crippen MR) is 168 cm³/mol. The Morgan fingerprint density at radius 3 is 2.63 bits per heavy atom. The Morgan fingerprint density at radius 1 is 0.977 bits per heavy atom. The van der Waals surface area contributed by atoms with E-state index in [1.54, 1.807) is 30.7 Å². The zero-order valence-corrected chi connectivity index (χ0v) is 24.1. The second-order valence-electron chi connectivity index (χ2n) is 10.6. The largest absolute Gasteiger partial charge is 0.384 e. The molecule has 0 spiro atoms. The summed E-state index contributed by atoms with van der Waals surface area (Å²) >= 11 is 0. The van der Waals surface area contributed by atoms with Gasteiger partial charge in [0.15, 0.2) is 5.82 Å². The van der Waals surface area contributed by atoms with Crippen molar-refractivity contribution in [2.45, 2.75) is 13.3 Å². The van der Waals surface area contributed by atoms with Crippen LogP contribution < -0.4 is 10.6 Å². The van der Waals surface area contributed by atoms with Crippen LogP contribution in [0.15, 0.2) is 73.3 Å². The van der Waals surface area contributed by atoms with Crippen LogP contribution in [0.5, 0.6) is 0 Å². The first kappa shape index (κ1) is 28.0. The van der Waals surface area contributed by atoms with Crippen molar-refractivity contribution in [3.8, 4) is 33.9 Å². The Balaban J connectivity index is 1.39. The van der Waals surface area contributed by atoms with Crippen molar-refractivity contribution in [3.63, 3.8) is 0 Å². The van der Waals surface area contributed by atoms with Crippen molar-refractivity contribution in [3.05, 3.63) is 85.0 Å². The molecule has 0 amide bonds. The van der Waals surface area contributed by atoms with Gasteiger partial charge in [-0.05, 0) is 56.9 Å². The average Bonchev–Trinajstić information content (AvgIpc) is 3.60. The number of nitrogens with one attached hydrogen (secondary N) is 4. The van der Waals surface area contributed by atoms with Crippen molar-refractivity contribution in [1.29, 1.82) is 0 Å². The van der Waals surface area contributed by atoms with E-state index in [9.17, 15) is 4.39 Å². The zero-order valence-electron chi connectivity index (χ0n) is 24.1. The molecule has 6 rings (SSSR count). The monoisotopic (exact) mass is 579 g/mol. The molecule has 0 saturated carbocycles. The molecule has 9 nitrogen and oxygen atoms in total. The number of fused-ring (bicyclic) bond motifs is 2. The molecule has 11 heteroatoms. The highest BCUT2D eigenvalue weighted by molar-refractivity contribution is 5.98. The number of pyridine rings is 2. The number of hydrogen-bond donors (Lipinski definition) is 4.